The van der Waals surface area contributed by atoms with Crippen LogP contribution in [-0.2, 0) is 11.3 Å². The van der Waals surface area contributed by atoms with E-state index in [2.05, 4.69) is 28.2 Å². The number of para-hydroxylation sites is 1. The van der Waals surface area contributed by atoms with Crippen LogP contribution in [0.5, 0.6) is 0 Å². The summed E-state index contributed by atoms with van der Waals surface area (Å²) in [5.74, 6) is -0.600. The van der Waals surface area contributed by atoms with E-state index >= 15 is 0 Å². The average Bonchev–Trinajstić information content (AvgIpc) is 3.09. The maximum absolute atomic E-state index is 12.7. The van der Waals surface area contributed by atoms with Crippen molar-refractivity contribution in [2.75, 3.05) is 6.54 Å². The molecule has 0 saturated heterocycles. The second-order valence-electron chi connectivity index (χ2n) is 6.52. The fraction of sp³-hybridized carbons (Fsp3) is 0.217. The molecule has 28 heavy (non-hydrogen) atoms. The SMILES string of the molecule is CCCNC(=O)/C(=C/c1cn(CC)c2ccccc12)NC(=O)c1ccccc1. The van der Waals surface area contributed by atoms with Crippen LogP contribution in [0.3, 0.4) is 0 Å². The van der Waals surface area contributed by atoms with Gasteiger partial charge < -0.3 is 15.2 Å². The van der Waals surface area contributed by atoms with E-state index in [0.717, 1.165) is 29.4 Å². The van der Waals surface area contributed by atoms with E-state index in [4.69, 9.17) is 0 Å². The van der Waals surface area contributed by atoms with Crippen molar-refractivity contribution in [3.8, 4) is 0 Å². The minimum Gasteiger partial charge on any atom is -0.351 e. The summed E-state index contributed by atoms with van der Waals surface area (Å²) in [5.41, 5.74) is 2.74. The number of fused-ring (bicyclic) bond motifs is 1. The van der Waals surface area contributed by atoms with E-state index in [-0.39, 0.29) is 17.5 Å². The predicted molar refractivity (Wildman–Crippen MR) is 113 cm³/mol. The maximum atomic E-state index is 12.7. The molecule has 0 fully saturated rings. The van der Waals surface area contributed by atoms with Crippen LogP contribution in [0.4, 0.5) is 0 Å². The predicted octanol–water partition coefficient (Wildman–Crippen LogP) is 3.96. The monoisotopic (exact) mass is 375 g/mol. The zero-order valence-electron chi connectivity index (χ0n) is 16.2. The summed E-state index contributed by atoms with van der Waals surface area (Å²) in [7, 11) is 0. The van der Waals surface area contributed by atoms with Gasteiger partial charge in [-0.1, -0.05) is 43.3 Å². The molecule has 5 heteroatoms. The molecule has 2 N–H and O–H groups in total. The van der Waals surface area contributed by atoms with Crippen LogP contribution in [0.2, 0.25) is 0 Å². The number of nitrogens with zero attached hydrogens (tertiary/aromatic N) is 1. The van der Waals surface area contributed by atoms with Crippen LogP contribution < -0.4 is 10.6 Å². The zero-order chi connectivity index (χ0) is 19.9. The van der Waals surface area contributed by atoms with E-state index in [1.54, 1.807) is 30.3 Å². The minimum absolute atomic E-state index is 0.237. The first-order chi connectivity index (χ1) is 13.6. The lowest BCUT2D eigenvalue weighted by Crippen LogP contribution is -2.35. The zero-order valence-corrected chi connectivity index (χ0v) is 16.2. The van der Waals surface area contributed by atoms with Gasteiger partial charge in [0.1, 0.15) is 5.70 Å². The molecule has 0 spiro atoms. The van der Waals surface area contributed by atoms with Crippen molar-refractivity contribution in [1.82, 2.24) is 15.2 Å². The Bertz CT molecular complexity index is 1000. The highest BCUT2D eigenvalue weighted by molar-refractivity contribution is 6.06. The molecular formula is C23H25N3O2. The topological polar surface area (TPSA) is 63.1 Å². The molecule has 5 nitrogen and oxygen atoms in total. The molecule has 0 unspecified atom stereocenters. The van der Waals surface area contributed by atoms with Crippen molar-refractivity contribution in [3.05, 3.63) is 77.6 Å². The van der Waals surface area contributed by atoms with Crippen LogP contribution in [0, 0.1) is 0 Å². The van der Waals surface area contributed by atoms with Gasteiger partial charge in [0.25, 0.3) is 11.8 Å². The van der Waals surface area contributed by atoms with Gasteiger partial charge in [-0.15, -0.1) is 0 Å². The Morgan fingerprint density at radius 1 is 1.00 bits per heavy atom. The number of amides is 2. The van der Waals surface area contributed by atoms with Gasteiger partial charge in [0.2, 0.25) is 0 Å². The first-order valence-electron chi connectivity index (χ1n) is 9.58. The molecule has 2 amide bonds. The molecule has 1 aromatic heterocycles. The van der Waals surface area contributed by atoms with Crippen molar-refractivity contribution in [2.24, 2.45) is 0 Å². The third-order valence-corrected chi connectivity index (χ3v) is 4.52. The van der Waals surface area contributed by atoms with Crippen molar-refractivity contribution < 1.29 is 9.59 Å². The molecule has 0 aliphatic carbocycles. The first kappa shape index (κ1) is 19.4. The Balaban J connectivity index is 1.99. The number of hydrogen-bond donors (Lipinski definition) is 2. The Morgan fingerprint density at radius 3 is 2.43 bits per heavy atom. The third-order valence-electron chi connectivity index (χ3n) is 4.52. The quantitative estimate of drug-likeness (QED) is 0.614. The molecule has 2 aromatic carbocycles. The molecule has 0 radical (unpaired) electrons. The second-order valence-corrected chi connectivity index (χ2v) is 6.52. The minimum atomic E-state index is -0.308. The molecule has 0 bridgehead atoms. The molecule has 1 heterocycles. The summed E-state index contributed by atoms with van der Waals surface area (Å²) in [6.07, 6.45) is 4.58. The van der Waals surface area contributed by atoms with Gasteiger partial charge in [0.15, 0.2) is 0 Å². The fourth-order valence-corrected chi connectivity index (χ4v) is 3.08. The summed E-state index contributed by atoms with van der Waals surface area (Å²) in [4.78, 5) is 25.3. The second kappa shape index (κ2) is 9.04. The molecular weight excluding hydrogens is 350 g/mol. The van der Waals surface area contributed by atoms with E-state index in [0.29, 0.717) is 12.1 Å². The number of aromatic nitrogens is 1. The number of rotatable bonds is 7. The van der Waals surface area contributed by atoms with E-state index in [1.807, 2.05) is 37.4 Å². The standard InChI is InChI=1S/C23H25N3O2/c1-3-14-24-23(28)20(25-22(27)17-10-6-5-7-11-17)15-18-16-26(4-2)21-13-9-8-12-19(18)21/h5-13,15-16H,3-4,14H2,1-2H3,(H,24,28)(H,25,27)/b20-15-. The number of hydrogen-bond acceptors (Lipinski definition) is 2. The van der Waals surface area contributed by atoms with Crippen LogP contribution >= 0.6 is 0 Å². The Morgan fingerprint density at radius 2 is 1.71 bits per heavy atom. The number of carbonyl (C=O) groups is 2. The fourth-order valence-electron chi connectivity index (χ4n) is 3.08. The largest absolute Gasteiger partial charge is 0.351 e. The maximum Gasteiger partial charge on any atom is 0.267 e. The number of nitrogens with one attached hydrogen (secondary N) is 2. The summed E-state index contributed by atoms with van der Waals surface area (Å²) >= 11 is 0. The molecule has 0 saturated carbocycles. The molecule has 3 aromatic rings. The van der Waals surface area contributed by atoms with Gasteiger partial charge in [-0.3, -0.25) is 9.59 Å². The highest BCUT2D eigenvalue weighted by Crippen LogP contribution is 2.23. The summed E-state index contributed by atoms with van der Waals surface area (Å²) in [5, 5.41) is 6.67. The lowest BCUT2D eigenvalue weighted by Gasteiger charge is -2.10. The third kappa shape index (κ3) is 4.31. The van der Waals surface area contributed by atoms with Crippen molar-refractivity contribution in [2.45, 2.75) is 26.8 Å². The number of aryl methyl sites for hydroxylation is 1. The summed E-state index contributed by atoms with van der Waals surface area (Å²) in [6.45, 7) is 5.43. The Labute approximate surface area is 165 Å². The van der Waals surface area contributed by atoms with Gasteiger partial charge in [0.05, 0.1) is 0 Å². The Kier molecular flexibility index (Phi) is 6.27. The van der Waals surface area contributed by atoms with E-state index in [9.17, 15) is 9.59 Å². The van der Waals surface area contributed by atoms with Gasteiger partial charge in [-0.05, 0) is 37.6 Å². The highest BCUT2D eigenvalue weighted by atomic mass is 16.2. The average molecular weight is 375 g/mol. The van der Waals surface area contributed by atoms with Crippen molar-refractivity contribution in [3.63, 3.8) is 0 Å². The van der Waals surface area contributed by atoms with Crippen molar-refractivity contribution >= 4 is 28.8 Å². The highest BCUT2D eigenvalue weighted by Gasteiger charge is 2.15. The smallest absolute Gasteiger partial charge is 0.267 e. The molecule has 0 atom stereocenters. The molecule has 0 aliphatic rings. The first-order valence-corrected chi connectivity index (χ1v) is 9.58. The Hall–Kier alpha value is -3.34. The molecule has 144 valence electrons. The van der Waals surface area contributed by atoms with Crippen LogP contribution in [0.15, 0.2) is 66.5 Å². The van der Waals surface area contributed by atoms with E-state index < -0.39 is 0 Å². The molecule has 3 rings (SSSR count). The lowest BCUT2D eigenvalue weighted by atomic mass is 10.1. The van der Waals surface area contributed by atoms with Gasteiger partial charge in [0, 0.05) is 41.3 Å². The van der Waals surface area contributed by atoms with Crippen molar-refractivity contribution in [1.29, 1.82) is 0 Å². The van der Waals surface area contributed by atoms with Gasteiger partial charge in [-0.25, -0.2) is 0 Å². The summed E-state index contributed by atoms with van der Waals surface area (Å²) in [6, 6.07) is 16.9. The van der Waals surface area contributed by atoms with Gasteiger partial charge in [-0.2, -0.15) is 0 Å². The van der Waals surface area contributed by atoms with Crippen LogP contribution in [0.1, 0.15) is 36.2 Å². The lowest BCUT2D eigenvalue weighted by molar-refractivity contribution is -0.117. The van der Waals surface area contributed by atoms with Gasteiger partial charge >= 0.3 is 0 Å². The molecule has 0 aliphatic heterocycles. The van der Waals surface area contributed by atoms with Crippen LogP contribution in [0.25, 0.3) is 17.0 Å². The summed E-state index contributed by atoms with van der Waals surface area (Å²) < 4.78 is 2.13. The normalized spacial score (nSPS) is 11.4. The van der Waals surface area contributed by atoms with E-state index in [1.165, 1.54) is 0 Å². The van der Waals surface area contributed by atoms with Crippen LogP contribution in [-0.4, -0.2) is 22.9 Å². The number of benzene rings is 2. The number of carbonyl (C=O) groups excluding carboxylic acids is 2.